The van der Waals surface area contributed by atoms with Gasteiger partial charge in [-0.2, -0.15) is 0 Å². The van der Waals surface area contributed by atoms with Gasteiger partial charge in [0, 0.05) is 13.1 Å². The number of benzene rings is 1. The molecule has 21 heavy (non-hydrogen) atoms. The minimum atomic E-state index is -0.304. The molecule has 6 heteroatoms. The Labute approximate surface area is 127 Å². The Morgan fingerprint density at radius 2 is 2.00 bits per heavy atom. The Hall–Kier alpha value is -2.27. The van der Waals surface area contributed by atoms with E-state index in [4.69, 9.17) is 16.3 Å². The smallest absolute Gasteiger partial charge is 0.270 e. The molecular formula is C15H15ClN2O3. The second-order valence-corrected chi connectivity index (χ2v) is 4.84. The summed E-state index contributed by atoms with van der Waals surface area (Å²) in [5.41, 5.74) is -0.0516. The van der Waals surface area contributed by atoms with Crippen LogP contribution in [-0.4, -0.2) is 36.0 Å². The van der Waals surface area contributed by atoms with Crippen LogP contribution in [0, 0.1) is 0 Å². The first kappa shape index (κ1) is 15.1. The molecule has 0 radical (unpaired) electrons. The number of aromatic amines is 1. The zero-order chi connectivity index (χ0) is 15.2. The Morgan fingerprint density at radius 3 is 2.71 bits per heavy atom. The van der Waals surface area contributed by atoms with Crippen LogP contribution in [0.25, 0.3) is 0 Å². The lowest BCUT2D eigenvalue weighted by atomic mass is 10.3. The van der Waals surface area contributed by atoms with Crippen LogP contribution in [0.3, 0.4) is 0 Å². The van der Waals surface area contributed by atoms with Crippen LogP contribution in [0.4, 0.5) is 0 Å². The number of nitrogens with zero attached hydrogens (tertiary/aromatic N) is 1. The topological polar surface area (TPSA) is 62.4 Å². The summed E-state index contributed by atoms with van der Waals surface area (Å²) < 4.78 is 5.52. The fourth-order valence-electron chi connectivity index (χ4n) is 1.73. The molecule has 0 saturated carbocycles. The van der Waals surface area contributed by atoms with Gasteiger partial charge >= 0.3 is 0 Å². The van der Waals surface area contributed by atoms with E-state index in [9.17, 15) is 9.59 Å². The van der Waals surface area contributed by atoms with Crippen molar-refractivity contribution in [2.24, 2.45) is 0 Å². The Balaban J connectivity index is 1.90. The van der Waals surface area contributed by atoms with Crippen LogP contribution in [-0.2, 0) is 0 Å². The lowest BCUT2D eigenvalue weighted by molar-refractivity contribution is 0.0768. The number of amides is 1. The third kappa shape index (κ3) is 4.10. The number of hydrogen-bond donors (Lipinski definition) is 1. The van der Waals surface area contributed by atoms with Gasteiger partial charge in [0.05, 0.1) is 11.6 Å². The van der Waals surface area contributed by atoms with Crippen molar-refractivity contribution in [3.05, 3.63) is 63.5 Å². The number of nitrogens with one attached hydrogen (secondary N) is 1. The molecule has 5 nitrogen and oxygen atoms in total. The molecule has 0 atom stereocenters. The standard InChI is InChI=1S/C15H15ClN2O3/c1-18(15(20)12-6-4-8-14(19)17-12)9-10-21-13-7-3-2-5-11(13)16/h2-8H,9-10H2,1H3,(H,17,19). The predicted molar refractivity (Wildman–Crippen MR) is 81.0 cm³/mol. The molecular weight excluding hydrogens is 292 g/mol. The van der Waals surface area contributed by atoms with Crippen LogP contribution in [0.1, 0.15) is 10.5 Å². The summed E-state index contributed by atoms with van der Waals surface area (Å²) in [6.45, 7) is 0.685. The lowest BCUT2D eigenvalue weighted by Crippen LogP contribution is -2.32. The quantitative estimate of drug-likeness (QED) is 0.921. The highest BCUT2D eigenvalue weighted by molar-refractivity contribution is 6.32. The first-order chi connectivity index (χ1) is 10.1. The molecule has 1 aromatic heterocycles. The summed E-state index contributed by atoms with van der Waals surface area (Å²) in [5.74, 6) is 0.309. The van der Waals surface area contributed by atoms with Gasteiger partial charge in [-0.1, -0.05) is 29.8 Å². The van der Waals surface area contributed by atoms with Gasteiger partial charge in [0.15, 0.2) is 0 Å². The van der Waals surface area contributed by atoms with Crippen molar-refractivity contribution in [1.29, 1.82) is 0 Å². The van der Waals surface area contributed by atoms with Crippen molar-refractivity contribution in [1.82, 2.24) is 9.88 Å². The highest BCUT2D eigenvalue weighted by Gasteiger charge is 2.12. The van der Waals surface area contributed by atoms with Gasteiger partial charge in [-0.15, -0.1) is 0 Å². The Bertz CT molecular complexity index is 684. The zero-order valence-corrected chi connectivity index (χ0v) is 12.3. The van der Waals surface area contributed by atoms with Crippen LogP contribution in [0.2, 0.25) is 5.02 Å². The number of likely N-dealkylation sites (N-methyl/N-ethyl adjacent to an activating group) is 1. The summed E-state index contributed by atoms with van der Waals surface area (Å²) in [7, 11) is 1.64. The summed E-state index contributed by atoms with van der Waals surface area (Å²) in [4.78, 5) is 27.2. The number of carbonyl (C=O) groups is 1. The SMILES string of the molecule is CN(CCOc1ccccc1Cl)C(=O)c1cccc(=O)[nH]1. The minimum absolute atomic E-state index is 0.253. The molecule has 0 spiro atoms. The summed E-state index contributed by atoms with van der Waals surface area (Å²) in [5, 5.41) is 0.527. The largest absolute Gasteiger partial charge is 0.490 e. The number of ether oxygens (including phenoxy) is 1. The molecule has 1 heterocycles. The van der Waals surface area contributed by atoms with Gasteiger partial charge in [-0.25, -0.2) is 0 Å². The highest BCUT2D eigenvalue weighted by atomic mass is 35.5. The van der Waals surface area contributed by atoms with E-state index in [2.05, 4.69) is 4.98 Å². The third-order valence-corrected chi connectivity index (χ3v) is 3.18. The lowest BCUT2D eigenvalue weighted by Gasteiger charge is -2.17. The van der Waals surface area contributed by atoms with Gasteiger partial charge in [-0.05, 0) is 18.2 Å². The van der Waals surface area contributed by atoms with E-state index in [-0.39, 0.29) is 17.2 Å². The van der Waals surface area contributed by atoms with Gasteiger partial charge in [0.25, 0.3) is 5.91 Å². The average molecular weight is 307 g/mol. The van der Waals surface area contributed by atoms with E-state index in [1.54, 1.807) is 31.3 Å². The summed E-state index contributed by atoms with van der Waals surface area (Å²) >= 11 is 5.97. The molecule has 0 aliphatic carbocycles. The molecule has 0 bridgehead atoms. The maximum atomic E-state index is 12.1. The van der Waals surface area contributed by atoms with E-state index in [1.165, 1.54) is 11.0 Å². The number of rotatable bonds is 5. The Morgan fingerprint density at radius 1 is 1.24 bits per heavy atom. The van der Waals surface area contributed by atoms with Crippen molar-refractivity contribution in [2.75, 3.05) is 20.2 Å². The van der Waals surface area contributed by atoms with Gasteiger partial charge in [0.1, 0.15) is 18.1 Å². The summed E-state index contributed by atoms with van der Waals surface area (Å²) in [6.07, 6.45) is 0. The van der Waals surface area contributed by atoms with Gasteiger partial charge in [-0.3, -0.25) is 9.59 Å². The van der Waals surface area contributed by atoms with Crippen LogP contribution < -0.4 is 10.3 Å². The van der Waals surface area contributed by atoms with E-state index >= 15 is 0 Å². The molecule has 1 amide bonds. The Kier molecular flexibility index (Phi) is 5.00. The number of hydrogen-bond acceptors (Lipinski definition) is 3. The molecule has 0 aliphatic heterocycles. The normalized spacial score (nSPS) is 10.2. The predicted octanol–water partition coefficient (Wildman–Crippen LogP) is 2.18. The van der Waals surface area contributed by atoms with Crippen molar-refractivity contribution in [2.45, 2.75) is 0 Å². The van der Waals surface area contributed by atoms with Gasteiger partial charge in [0.2, 0.25) is 5.56 Å². The minimum Gasteiger partial charge on any atom is -0.490 e. The van der Waals surface area contributed by atoms with Crippen LogP contribution in [0.5, 0.6) is 5.75 Å². The molecule has 0 fully saturated rings. The van der Waals surface area contributed by atoms with Crippen molar-refractivity contribution < 1.29 is 9.53 Å². The highest BCUT2D eigenvalue weighted by Crippen LogP contribution is 2.22. The molecule has 0 aliphatic rings. The number of H-pyrrole nitrogens is 1. The fraction of sp³-hybridized carbons (Fsp3) is 0.200. The van der Waals surface area contributed by atoms with Crippen molar-refractivity contribution >= 4 is 17.5 Å². The zero-order valence-electron chi connectivity index (χ0n) is 11.5. The summed E-state index contributed by atoms with van der Waals surface area (Å²) in [6, 6.07) is 11.6. The first-order valence-electron chi connectivity index (χ1n) is 6.40. The van der Waals surface area contributed by atoms with Crippen molar-refractivity contribution in [3.63, 3.8) is 0 Å². The molecule has 1 aromatic carbocycles. The van der Waals surface area contributed by atoms with Gasteiger partial charge < -0.3 is 14.6 Å². The number of halogens is 1. The van der Waals surface area contributed by atoms with E-state index < -0.39 is 0 Å². The van der Waals surface area contributed by atoms with Crippen LogP contribution >= 0.6 is 11.6 Å². The van der Waals surface area contributed by atoms with E-state index in [1.807, 2.05) is 12.1 Å². The molecule has 2 rings (SSSR count). The monoisotopic (exact) mass is 306 g/mol. The van der Waals surface area contributed by atoms with Crippen LogP contribution in [0.15, 0.2) is 47.3 Å². The van der Waals surface area contributed by atoms with Crippen molar-refractivity contribution in [3.8, 4) is 5.75 Å². The van der Waals surface area contributed by atoms with E-state index in [0.29, 0.717) is 23.9 Å². The third-order valence-electron chi connectivity index (χ3n) is 2.87. The number of aromatic nitrogens is 1. The van der Waals surface area contributed by atoms with E-state index in [0.717, 1.165) is 0 Å². The molecule has 2 aromatic rings. The second kappa shape index (κ2) is 6.95. The number of carbonyl (C=O) groups excluding carboxylic acids is 1. The second-order valence-electron chi connectivity index (χ2n) is 4.43. The number of pyridine rings is 1. The molecule has 110 valence electrons. The molecule has 1 N–H and O–H groups in total. The first-order valence-corrected chi connectivity index (χ1v) is 6.78. The average Bonchev–Trinajstić information content (AvgIpc) is 2.48. The maximum absolute atomic E-state index is 12.1. The molecule has 0 saturated heterocycles. The molecule has 0 unspecified atom stereocenters. The fourth-order valence-corrected chi connectivity index (χ4v) is 1.92. The maximum Gasteiger partial charge on any atom is 0.270 e. The number of para-hydroxylation sites is 1.